The zero-order chi connectivity index (χ0) is 22.1. The Morgan fingerprint density at radius 3 is 2.53 bits per heavy atom. The van der Waals surface area contributed by atoms with Crippen molar-refractivity contribution in [1.82, 2.24) is 4.90 Å². The molecule has 0 saturated carbocycles. The predicted octanol–water partition coefficient (Wildman–Crippen LogP) is 4.98. The summed E-state index contributed by atoms with van der Waals surface area (Å²) in [5.74, 6) is 0.582. The SMILES string of the molecule is CCOc1cccc([C@@H]2c3c(oc4ccccc4c3=O)C(=O)N2CCc2ccccc2)c1. The van der Waals surface area contributed by atoms with Crippen molar-refractivity contribution in [2.45, 2.75) is 19.4 Å². The third-order valence-electron chi connectivity index (χ3n) is 5.84. The fourth-order valence-electron chi connectivity index (χ4n) is 4.38. The average Bonchev–Trinajstić information content (AvgIpc) is 3.11. The number of amides is 1. The quantitative estimate of drug-likeness (QED) is 0.437. The van der Waals surface area contributed by atoms with E-state index >= 15 is 0 Å². The van der Waals surface area contributed by atoms with Crippen molar-refractivity contribution in [3.05, 3.63) is 112 Å². The van der Waals surface area contributed by atoms with Crippen LogP contribution in [0.4, 0.5) is 0 Å². The summed E-state index contributed by atoms with van der Waals surface area (Å²) in [6.07, 6.45) is 0.677. The highest BCUT2D eigenvalue weighted by molar-refractivity contribution is 5.99. The molecule has 1 amide bonds. The summed E-state index contributed by atoms with van der Waals surface area (Å²) in [6.45, 7) is 2.93. The van der Waals surface area contributed by atoms with Gasteiger partial charge in [0.1, 0.15) is 11.3 Å². The molecule has 0 radical (unpaired) electrons. The number of carbonyl (C=O) groups excluding carboxylic acids is 1. The molecule has 1 aliphatic rings. The third-order valence-corrected chi connectivity index (χ3v) is 5.84. The fourth-order valence-corrected chi connectivity index (χ4v) is 4.38. The van der Waals surface area contributed by atoms with E-state index in [0.29, 0.717) is 41.9 Å². The Bertz CT molecular complexity index is 1340. The maximum Gasteiger partial charge on any atom is 0.290 e. The summed E-state index contributed by atoms with van der Waals surface area (Å²) >= 11 is 0. The van der Waals surface area contributed by atoms with Gasteiger partial charge in [-0.05, 0) is 48.7 Å². The van der Waals surface area contributed by atoms with Gasteiger partial charge in [-0.3, -0.25) is 9.59 Å². The molecule has 2 heterocycles. The van der Waals surface area contributed by atoms with Gasteiger partial charge < -0.3 is 14.1 Å². The van der Waals surface area contributed by atoms with Crippen molar-refractivity contribution in [3.8, 4) is 5.75 Å². The number of hydrogen-bond acceptors (Lipinski definition) is 4. The molecule has 0 unspecified atom stereocenters. The van der Waals surface area contributed by atoms with Crippen LogP contribution in [0.5, 0.6) is 5.75 Å². The Balaban J connectivity index is 1.64. The molecule has 3 aromatic carbocycles. The lowest BCUT2D eigenvalue weighted by atomic mass is 9.98. The number of nitrogens with zero attached hydrogens (tertiary/aromatic N) is 1. The van der Waals surface area contributed by atoms with Crippen molar-refractivity contribution in [2.75, 3.05) is 13.2 Å². The lowest BCUT2D eigenvalue weighted by Gasteiger charge is -2.25. The van der Waals surface area contributed by atoms with Gasteiger partial charge in [0.25, 0.3) is 5.91 Å². The van der Waals surface area contributed by atoms with Gasteiger partial charge in [0, 0.05) is 6.54 Å². The molecule has 0 fully saturated rings. The second kappa shape index (κ2) is 8.35. The van der Waals surface area contributed by atoms with Crippen molar-refractivity contribution in [1.29, 1.82) is 0 Å². The number of carbonyl (C=O) groups is 1. The van der Waals surface area contributed by atoms with Gasteiger partial charge in [-0.15, -0.1) is 0 Å². The first-order valence-electron chi connectivity index (χ1n) is 10.8. The van der Waals surface area contributed by atoms with Crippen LogP contribution in [0.25, 0.3) is 11.0 Å². The minimum atomic E-state index is -0.525. The minimum Gasteiger partial charge on any atom is -0.494 e. The molecule has 160 valence electrons. The van der Waals surface area contributed by atoms with Crippen molar-refractivity contribution >= 4 is 16.9 Å². The first-order chi connectivity index (χ1) is 15.7. The Morgan fingerprint density at radius 1 is 0.938 bits per heavy atom. The molecule has 0 saturated heterocycles. The molecule has 32 heavy (non-hydrogen) atoms. The summed E-state index contributed by atoms with van der Waals surface area (Å²) in [5.41, 5.74) is 2.62. The van der Waals surface area contributed by atoms with Gasteiger partial charge in [-0.2, -0.15) is 0 Å². The van der Waals surface area contributed by atoms with E-state index in [1.54, 1.807) is 29.2 Å². The molecular formula is C27H23NO4. The normalized spacial score (nSPS) is 15.2. The lowest BCUT2D eigenvalue weighted by molar-refractivity contribution is 0.0730. The summed E-state index contributed by atoms with van der Waals surface area (Å²) in [4.78, 5) is 28.7. The highest BCUT2D eigenvalue weighted by atomic mass is 16.5. The van der Waals surface area contributed by atoms with E-state index in [1.807, 2.05) is 61.5 Å². The standard InChI is InChI=1S/C27H23NO4/c1-2-31-20-12-8-11-19(17-20)24-23-25(29)21-13-6-7-14-22(21)32-26(23)27(30)28(24)16-15-18-9-4-3-5-10-18/h3-14,17,24H,2,15-16H2,1H3/t24-/m1/s1. The molecule has 0 bridgehead atoms. The van der Waals surface area contributed by atoms with Crippen molar-refractivity contribution in [2.24, 2.45) is 0 Å². The summed E-state index contributed by atoms with van der Waals surface area (Å²) in [7, 11) is 0. The molecule has 1 atom stereocenters. The third kappa shape index (κ3) is 3.46. The van der Waals surface area contributed by atoms with Crippen LogP contribution >= 0.6 is 0 Å². The Morgan fingerprint density at radius 2 is 1.72 bits per heavy atom. The number of benzene rings is 3. The van der Waals surface area contributed by atoms with E-state index in [1.165, 1.54) is 0 Å². The van der Waals surface area contributed by atoms with E-state index in [0.717, 1.165) is 11.1 Å². The van der Waals surface area contributed by atoms with Crippen LogP contribution in [0.15, 0.2) is 88.1 Å². The second-order valence-corrected chi connectivity index (χ2v) is 7.81. The van der Waals surface area contributed by atoms with E-state index in [2.05, 4.69) is 0 Å². The van der Waals surface area contributed by atoms with Gasteiger partial charge in [0.05, 0.1) is 23.6 Å². The largest absolute Gasteiger partial charge is 0.494 e. The minimum absolute atomic E-state index is 0.133. The molecule has 5 heteroatoms. The number of ether oxygens (including phenoxy) is 1. The highest BCUT2D eigenvalue weighted by Crippen LogP contribution is 2.39. The van der Waals surface area contributed by atoms with Crippen LogP contribution in [-0.4, -0.2) is 24.0 Å². The summed E-state index contributed by atoms with van der Waals surface area (Å²) in [6, 6.07) is 24.2. The molecule has 1 aliphatic heterocycles. The maximum atomic E-state index is 13.5. The van der Waals surface area contributed by atoms with Gasteiger partial charge in [0.15, 0.2) is 5.43 Å². The van der Waals surface area contributed by atoms with E-state index in [-0.39, 0.29) is 17.1 Å². The van der Waals surface area contributed by atoms with Crippen molar-refractivity contribution in [3.63, 3.8) is 0 Å². The summed E-state index contributed by atoms with van der Waals surface area (Å²) < 4.78 is 11.7. The Kier molecular flexibility index (Phi) is 5.23. The van der Waals surface area contributed by atoms with Crippen LogP contribution in [0, 0.1) is 0 Å². The molecule has 4 aromatic rings. The summed E-state index contributed by atoms with van der Waals surface area (Å²) in [5, 5.41) is 0.481. The van der Waals surface area contributed by atoms with Crippen LogP contribution < -0.4 is 10.2 Å². The Labute approximate surface area is 185 Å². The van der Waals surface area contributed by atoms with Crippen LogP contribution in [-0.2, 0) is 6.42 Å². The number of para-hydroxylation sites is 1. The topological polar surface area (TPSA) is 59.8 Å². The molecule has 1 aromatic heterocycles. The fraction of sp³-hybridized carbons (Fsp3) is 0.185. The number of fused-ring (bicyclic) bond motifs is 2. The van der Waals surface area contributed by atoms with E-state index in [4.69, 9.17) is 9.15 Å². The van der Waals surface area contributed by atoms with Crippen LogP contribution in [0.2, 0.25) is 0 Å². The van der Waals surface area contributed by atoms with Crippen LogP contribution in [0.1, 0.15) is 40.2 Å². The second-order valence-electron chi connectivity index (χ2n) is 7.81. The molecule has 5 nitrogen and oxygen atoms in total. The molecule has 0 aliphatic carbocycles. The monoisotopic (exact) mass is 425 g/mol. The van der Waals surface area contributed by atoms with Crippen LogP contribution in [0.3, 0.4) is 0 Å². The predicted molar refractivity (Wildman–Crippen MR) is 123 cm³/mol. The first-order valence-corrected chi connectivity index (χ1v) is 10.8. The molecule has 5 rings (SSSR count). The van der Waals surface area contributed by atoms with Gasteiger partial charge in [0.2, 0.25) is 5.76 Å². The average molecular weight is 425 g/mol. The lowest BCUT2D eigenvalue weighted by Crippen LogP contribution is -2.31. The van der Waals surface area contributed by atoms with E-state index in [9.17, 15) is 9.59 Å². The number of rotatable bonds is 6. The first kappa shape index (κ1) is 20.1. The Hall–Kier alpha value is -3.86. The maximum absolute atomic E-state index is 13.5. The van der Waals surface area contributed by atoms with Gasteiger partial charge in [-0.1, -0.05) is 54.6 Å². The molecule has 0 N–H and O–H groups in total. The van der Waals surface area contributed by atoms with Gasteiger partial charge >= 0.3 is 0 Å². The smallest absolute Gasteiger partial charge is 0.290 e. The highest BCUT2D eigenvalue weighted by Gasteiger charge is 2.42. The number of hydrogen-bond donors (Lipinski definition) is 0. The van der Waals surface area contributed by atoms with Crippen molar-refractivity contribution < 1.29 is 13.9 Å². The molecular weight excluding hydrogens is 402 g/mol. The zero-order valence-electron chi connectivity index (χ0n) is 17.8. The van der Waals surface area contributed by atoms with E-state index < -0.39 is 6.04 Å². The zero-order valence-corrected chi connectivity index (χ0v) is 17.8. The van der Waals surface area contributed by atoms with Gasteiger partial charge in [-0.25, -0.2) is 0 Å². The molecule has 0 spiro atoms.